The van der Waals surface area contributed by atoms with E-state index in [0.29, 0.717) is 6.61 Å². The predicted molar refractivity (Wildman–Crippen MR) is 137 cm³/mol. The van der Waals surface area contributed by atoms with Gasteiger partial charge in [0.05, 0.1) is 24.8 Å². The van der Waals surface area contributed by atoms with E-state index in [-0.39, 0.29) is 0 Å². The molecule has 0 spiro atoms. The standard InChI is InChI=1S/C29H32N2O2/c1-5-10-23-14-16-27(28(20-23)32-4)33-18-9-8-17-31-26-12-7-6-11-25(26)30-29(31)24-15-13-21(2)19-22(24)3/h5-7,10-16,19-20H,8-9,17-18H2,1-4H3/b10-5+. The fourth-order valence-electron chi connectivity index (χ4n) is 4.23. The molecule has 0 aliphatic carbocycles. The minimum atomic E-state index is 0.644. The van der Waals surface area contributed by atoms with Crippen molar-refractivity contribution in [3.63, 3.8) is 0 Å². The van der Waals surface area contributed by atoms with E-state index in [2.05, 4.69) is 60.9 Å². The molecular weight excluding hydrogens is 408 g/mol. The average Bonchev–Trinajstić information content (AvgIpc) is 3.18. The lowest BCUT2D eigenvalue weighted by Crippen LogP contribution is -2.05. The molecule has 0 radical (unpaired) electrons. The van der Waals surface area contributed by atoms with Crippen molar-refractivity contribution in [2.24, 2.45) is 0 Å². The third kappa shape index (κ3) is 5.11. The molecule has 3 aromatic carbocycles. The molecule has 33 heavy (non-hydrogen) atoms. The largest absolute Gasteiger partial charge is 0.493 e. The number of aryl methyl sites for hydroxylation is 3. The van der Waals surface area contributed by atoms with E-state index < -0.39 is 0 Å². The van der Waals surface area contributed by atoms with Gasteiger partial charge in [0.2, 0.25) is 0 Å². The van der Waals surface area contributed by atoms with Crippen molar-refractivity contribution in [2.45, 2.75) is 40.2 Å². The Hall–Kier alpha value is -3.53. The summed E-state index contributed by atoms with van der Waals surface area (Å²) < 4.78 is 13.9. The summed E-state index contributed by atoms with van der Waals surface area (Å²) in [6, 6.07) is 21.0. The normalized spacial score (nSPS) is 11.4. The molecule has 0 fully saturated rings. The minimum Gasteiger partial charge on any atom is -0.493 e. The third-order valence-corrected chi connectivity index (χ3v) is 5.86. The fraction of sp³-hybridized carbons (Fsp3) is 0.276. The average molecular weight is 441 g/mol. The Morgan fingerprint density at radius 1 is 0.939 bits per heavy atom. The van der Waals surface area contributed by atoms with Crippen LogP contribution < -0.4 is 9.47 Å². The maximum Gasteiger partial charge on any atom is 0.161 e. The summed E-state index contributed by atoms with van der Waals surface area (Å²) in [6.07, 6.45) is 6.01. The van der Waals surface area contributed by atoms with E-state index in [4.69, 9.17) is 14.5 Å². The molecule has 1 heterocycles. The van der Waals surface area contributed by atoms with Crippen LogP contribution in [0.4, 0.5) is 0 Å². The summed E-state index contributed by atoms with van der Waals surface area (Å²) >= 11 is 0. The first-order valence-corrected chi connectivity index (χ1v) is 11.6. The highest BCUT2D eigenvalue weighted by Gasteiger charge is 2.14. The highest BCUT2D eigenvalue weighted by Crippen LogP contribution is 2.30. The van der Waals surface area contributed by atoms with Crippen LogP contribution in [0.3, 0.4) is 0 Å². The number of rotatable bonds is 9. The molecular formula is C29H32N2O2. The van der Waals surface area contributed by atoms with E-state index in [1.54, 1.807) is 7.11 Å². The zero-order valence-corrected chi connectivity index (χ0v) is 20.0. The van der Waals surface area contributed by atoms with Crippen LogP contribution in [0, 0.1) is 13.8 Å². The first kappa shape index (κ1) is 22.7. The SMILES string of the molecule is C/C=C/c1ccc(OCCCCn2c(-c3ccc(C)cc3C)nc3ccccc32)c(OC)c1. The van der Waals surface area contributed by atoms with Crippen molar-refractivity contribution >= 4 is 17.1 Å². The number of hydrogen-bond donors (Lipinski definition) is 0. The molecule has 170 valence electrons. The van der Waals surface area contributed by atoms with Crippen LogP contribution in [-0.2, 0) is 6.54 Å². The maximum atomic E-state index is 6.04. The van der Waals surface area contributed by atoms with Gasteiger partial charge in [0.25, 0.3) is 0 Å². The molecule has 4 rings (SSSR count). The number of methoxy groups -OCH3 is 1. The van der Waals surface area contributed by atoms with Gasteiger partial charge in [0.1, 0.15) is 5.82 Å². The smallest absolute Gasteiger partial charge is 0.161 e. The molecule has 4 heteroatoms. The number of ether oxygens (including phenoxy) is 2. The van der Waals surface area contributed by atoms with Crippen LogP contribution >= 0.6 is 0 Å². The number of allylic oxidation sites excluding steroid dienone is 1. The van der Waals surface area contributed by atoms with Crippen LogP contribution in [0.25, 0.3) is 28.5 Å². The van der Waals surface area contributed by atoms with Gasteiger partial charge in [-0.15, -0.1) is 0 Å². The first-order chi connectivity index (χ1) is 16.1. The molecule has 4 nitrogen and oxygen atoms in total. The molecule has 0 saturated carbocycles. The molecule has 0 unspecified atom stereocenters. The van der Waals surface area contributed by atoms with E-state index in [1.165, 1.54) is 22.2 Å². The summed E-state index contributed by atoms with van der Waals surface area (Å²) in [5.74, 6) is 2.59. The van der Waals surface area contributed by atoms with Gasteiger partial charge in [-0.3, -0.25) is 0 Å². The van der Waals surface area contributed by atoms with Crippen molar-refractivity contribution in [3.8, 4) is 22.9 Å². The van der Waals surface area contributed by atoms with Crippen molar-refractivity contribution in [3.05, 3.63) is 83.4 Å². The first-order valence-electron chi connectivity index (χ1n) is 11.6. The van der Waals surface area contributed by atoms with Gasteiger partial charge in [0.15, 0.2) is 11.5 Å². The van der Waals surface area contributed by atoms with Gasteiger partial charge in [-0.2, -0.15) is 0 Å². The Kier molecular flexibility index (Phi) is 7.13. The van der Waals surface area contributed by atoms with E-state index >= 15 is 0 Å². The summed E-state index contributed by atoms with van der Waals surface area (Å²) in [6.45, 7) is 7.83. The van der Waals surface area contributed by atoms with Crippen LogP contribution in [0.1, 0.15) is 36.5 Å². The molecule has 0 amide bonds. The molecule has 0 aliphatic rings. The zero-order chi connectivity index (χ0) is 23.2. The van der Waals surface area contributed by atoms with Crippen LogP contribution in [0.15, 0.2) is 66.7 Å². The van der Waals surface area contributed by atoms with Crippen LogP contribution in [-0.4, -0.2) is 23.3 Å². The fourth-order valence-corrected chi connectivity index (χ4v) is 4.23. The summed E-state index contributed by atoms with van der Waals surface area (Å²) in [4.78, 5) is 4.98. The molecule has 0 atom stereocenters. The van der Waals surface area contributed by atoms with Crippen LogP contribution in [0.2, 0.25) is 0 Å². The summed E-state index contributed by atoms with van der Waals surface area (Å²) in [5, 5.41) is 0. The number of hydrogen-bond acceptors (Lipinski definition) is 3. The van der Waals surface area contributed by atoms with E-state index in [0.717, 1.165) is 47.8 Å². The highest BCUT2D eigenvalue weighted by molar-refractivity contribution is 5.81. The van der Waals surface area contributed by atoms with Crippen LogP contribution in [0.5, 0.6) is 11.5 Å². The summed E-state index contributed by atoms with van der Waals surface area (Å²) in [7, 11) is 1.68. The molecule has 1 aromatic heterocycles. The second-order valence-corrected chi connectivity index (χ2v) is 8.36. The lowest BCUT2D eigenvalue weighted by molar-refractivity contribution is 0.284. The van der Waals surface area contributed by atoms with Crippen molar-refractivity contribution in [1.82, 2.24) is 9.55 Å². The number of aromatic nitrogens is 2. The Balaban J connectivity index is 1.46. The lowest BCUT2D eigenvalue weighted by atomic mass is 10.1. The topological polar surface area (TPSA) is 36.3 Å². The van der Waals surface area contributed by atoms with Gasteiger partial charge < -0.3 is 14.0 Å². The molecule has 0 N–H and O–H groups in total. The lowest BCUT2D eigenvalue weighted by Gasteiger charge is -2.13. The van der Waals surface area contributed by atoms with Gasteiger partial charge in [-0.1, -0.05) is 54.1 Å². The number of fused-ring (bicyclic) bond motifs is 1. The number of benzene rings is 3. The Labute approximate surface area is 196 Å². The predicted octanol–water partition coefficient (Wildman–Crippen LogP) is 7.22. The molecule has 0 aliphatic heterocycles. The number of imidazole rings is 1. The van der Waals surface area contributed by atoms with Crippen molar-refractivity contribution < 1.29 is 9.47 Å². The monoisotopic (exact) mass is 440 g/mol. The van der Waals surface area contributed by atoms with E-state index in [1.807, 2.05) is 37.3 Å². The zero-order valence-electron chi connectivity index (χ0n) is 20.0. The third-order valence-electron chi connectivity index (χ3n) is 5.86. The number of unbranched alkanes of at least 4 members (excludes halogenated alkanes) is 1. The minimum absolute atomic E-state index is 0.644. The Morgan fingerprint density at radius 3 is 2.58 bits per heavy atom. The van der Waals surface area contributed by atoms with Gasteiger partial charge >= 0.3 is 0 Å². The van der Waals surface area contributed by atoms with Gasteiger partial charge in [0, 0.05) is 12.1 Å². The number of nitrogens with zero attached hydrogens (tertiary/aromatic N) is 2. The maximum absolute atomic E-state index is 6.04. The molecule has 0 saturated heterocycles. The van der Waals surface area contributed by atoms with Gasteiger partial charge in [-0.25, -0.2) is 4.98 Å². The summed E-state index contributed by atoms with van der Waals surface area (Å²) in [5.41, 5.74) is 7.03. The van der Waals surface area contributed by atoms with Crippen molar-refractivity contribution in [2.75, 3.05) is 13.7 Å². The van der Waals surface area contributed by atoms with Gasteiger partial charge in [-0.05, 0) is 69.0 Å². The highest BCUT2D eigenvalue weighted by atomic mass is 16.5. The van der Waals surface area contributed by atoms with Crippen molar-refractivity contribution in [1.29, 1.82) is 0 Å². The second-order valence-electron chi connectivity index (χ2n) is 8.36. The second kappa shape index (κ2) is 10.4. The van der Waals surface area contributed by atoms with E-state index in [9.17, 15) is 0 Å². The Morgan fingerprint density at radius 2 is 1.79 bits per heavy atom. The molecule has 4 aromatic rings. The number of para-hydroxylation sites is 2. The Bertz CT molecular complexity index is 1270. The quantitative estimate of drug-likeness (QED) is 0.258. The molecule has 0 bridgehead atoms.